The van der Waals surface area contributed by atoms with E-state index in [2.05, 4.69) is 50.8 Å². The number of anilines is 3. The van der Waals surface area contributed by atoms with Gasteiger partial charge in [-0.1, -0.05) is 76.3 Å². The number of ether oxygens (including phenoxy) is 10. The van der Waals surface area contributed by atoms with Gasteiger partial charge in [0, 0.05) is 152 Å². The molecule has 0 radical (unpaired) electrons. The summed E-state index contributed by atoms with van der Waals surface area (Å²) < 4.78 is 62.2. The van der Waals surface area contributed by atoms with Crippen LogP contribution in [0.2, 0.25) is 0 Å². The number of piperidine rings is 1. The molecule has 134 heavy (non-hydrogen) atoms. The molecule has 1 saturated carbocycles. The molecule has 3 amide bonds. The second-order valence-electron chi connectivity index (χ2n) is 35.8. The number of hydrogen-bond donors (Lipinski definition) is 7. The van der Waals surface area contributed by atoms with E-state index in [1.807, 2.05) is 79.9 Å². The van der Waals surface area contributed by atoms with Gasteiger partial charge < -0.3 is 98.7 Å². The van der Waals surface area contributed by atoms with Crippen molar-refractivity contribution in [2.75, 3.05) is 149 Å². The van der Waals surface area contributed by atoms with Gasteiger partial charge in [0.05, 0.1) is 113 Å². The Morgan fingerprint density at radius 1 is 0.724 bits per heavy atom. The number of fused-ring (bicyclic) bond motifs is 5. The number of methoxy groups -OCH3 is 3. The zero-order valence-corrected chi connectivity index (χ0v) is 78.8. The number of aromatic amines is 1. The first-order chi connectivity index (χ1) is 64.7. The molecular weight excluding hydrogens is 1730 g/mol. The summed E-state index contributed by atoms with van der Waals surface area (Å²) in [5.41, 5.74) is 11.9. The van der Waals surface area contributed by atoms with E-state index in [0.717, 1.165) is 41.4 Å². The van der Waals surface area contributed by atoms with Crippen LogP contribution in [-0.4, -0.2) is 303 Å². The molecule has 15 atom stereocenters. The van der Waals surface area contributed by atoms with Gasteiger partial charge in [0.25, 0.3) is 17.6 Å². The van der Waals surface area contributed by atoms with E-state index in [9.17, 15) is 48.9 Å². The molecule has 10 heterocycles. The number of esters is 1. The number of piperazine rings is 1. The van der Waals surface area contributed by atoms with E-state index in [1.165, 1.54) is 30.7 Å². The summed E-state index contributed by atoms with van der Waals surface area (Å²) in [5, 5.41) is 55.1. The Morgan fingerprint density at radius 2 is 1.41 bits per heavy atom. The predicted molar refractivity (Wildman–Crippen MR) is 498 cm³/mol. The molecule has 38 heteroatoms. The molecule has 1 aromatic carbocycles. The predicted octanol–water partition coefficient (Wildman–Crippen LogP) is 8.60. The number of aromatic nitrogens is 12. The highest BCUT2D eigenvalue weighted by molar-refractivity contribution is 6.39. The quantitative estimate of drug-likeness (QED) is 0.00845. The monoisotopic (exact) mass is 1860 g/mol. The molecule has 2 bridgehead atoms. The van der Waals surface area contributed by atoms with Crippen molar-refractivity contribution in [3.63, 3.8) is 0 Å². The Kier molecular flexibility index (Phi) is 38.2. The zero-order chi connectivity index (χ0) is 95.4. The van der Waals surface area contributed by atoms with Crippen LogP contribution in [-0.2, 0) is 82.7 Å². The Hall–Kier alpha value is -10.8. The van der Waals surface area contributed by atoms with Gasteiger partial charge in [0.15, 0.2) is 11.4 Å². The largest absolute Gasteiger partial charge is 0.508 e. The third-order valence-corrected chi connectivity index (χ3v) is 26.0. The van der Waals surface area contributed by atoms with Crippen molar-refractivity contribution >= 4 is 80.7 Å². The highest BCUT2D eigenvalue weighted by Gasteiger charge is 2.53. The highest BCUT2D eigenvalue weighted by atomic mass is 16.6. The number of aliphatic hydroxyl groups is 2. The molecule has 3 saturated heterocycles. The minimum Gasteiger partial charge on any atom is -0.508 e. The highest BCUT2D eigenvalue weighted by Crippen LogP contribution is 2.42. The van der Waals surface area contributed by atoms with Crippen molar-refractivity contribution in [2.24, 2.45) is 35.5 Å². The fraction of sp³-hybridized carbons (Fsp3) is 0.604. The lowest BCUT2D eigenvalue weighted by atomic mass is 9.77. The van der Waals surface area contributed by atoms with Crippen molar-refractivity contribution in [3.05, 3.63) is 115 Å². The van der Waals surface area contributed by atoms with Gasteiger partial charge in [-0.15, -0.1) is 5.10 Å². The number of aryl methyl sites for hydroxylation is 1. The third kappa shape index (κ3) is 27.5. The number of unbranched alkanes of at least 4 members (excludes halogenated alkanes) is 1. The molecule has 4 fully saturated rings. The number of nitrogens with one attached hydrogen (secondary N) is 3. The van der Waals surface area contributed by atoms with Crippen LogP contribution in [0.5, 0.6) is 5.75 Å². The Bertz CT molecular complexity index is 5150. The molecule has 0 unspecified atom stereocenters. The first-order valence-corrected chi connectivity index (χ1v) is 47.0. The Labute approximate surface area is 781 Å². The van der Waals surface area contributed by atoms with Crippen molar-refractivity contribution in [2.45, 2.75) is 206 Å². The van der Waals surface area contributed by atoms with E-state index >= 15 is 0 Å². The number of H-pyrrole nitrogens is 1. The number of aliphatic hydroxyl groups excluding tert-OH is 1. The molecule has 12 rings (SSSR count). The van der Waals surface area contributed by atoms with Crippen LogP contribution >= 0.6 is 0 Å². The normalized spacial score (nSPS) is 26.4. The topological polar surface area (TPSA) is 474 Å². The Morgan fingerprint density at radius 3 is 2.10 bits per heavy atom. The summed E-state index contributed by atoms with van der Waals surface area (Å²) in [4.78, 5) is 134. The van der Waals surface area contributed by atoms with Crippen LogP contribution in [0.25, 0.3) is 44.6 Å². The number of Topliss-reactive ketones (excluding diaryl/α,β-unsaturated/α-hetero) is 3. The lowest BCUT2D eigenvalue weighted by Crippen LogP contribution is -2.61. The van der Waals surface area contributed by atoms with Crippen LogP contribution < -0.4 is 26.2 Å². The van der Waals surface area contributed by atoms with Gasteiger partial charge in [-0.05, 0) is 144 Å². The smallest absolute Gasteiger partial charge is 0.329 e. The van der Waals surface area contributed by atoms with Crippen LogP contribution in [0.1, 0.15) is 161 Å². The minimum atomic E-state index is -2.48. The number of hydrogen-bond acceptors (Lipinski definition) is 32. The molecule has 8 N–H and O–H groups in total. The zero-order valence-electron chi connectivity index (χ0n) is 78.8. The second-order valence-corrected chi connectivity index (χ2v) is 35.8. The van der Waals surface area contributed by atoms with E-state index < -0.39 is 83.7 Å². The van der Waals surface area contributed by atoms with E-state index in [-0.39, 0.29) is 105 Å². The van der Waals surface area contributed by atoms with Crippen LogP contribution in [0.3, 0.4) is 0 Å². The number of rotatable bonds is 35. The number of benzene rings is 1. The molecule has 1 aliphatic carbocycles. The van der Waals surface area contributed by atoms with E-state index in [1.54, 1.807) is 76.3 Å². The van der Waals surface area contributed by atoms with Gasteiger partial charge in [-0.25, -0.2) is 44.1 Å². The number of nitrogens with two attached hydrogens (primary N) is 1. The number of aromatic hydroxyl groups is 1. The molecular formula is C96H134N18O20. The number of carbonyl (C=O) groups is 7. The van der Waals surface area contributed by atoms with E-state index in [4.69, 9.17) is 68.2 Å². The summed E-state index contributed by atoms with van der Waals surface area (Å²) in [6.45, 7) is 19.9. The van der Waals surface area contributed by atoms with Gasteiger partial charge >= 0.3 is 5.97 Å². The maximum absolute atomic E-state index is 14.9. The fourth-order valence-electron chi connectivity index (χ4n) is 18.1. The minimum absolute atomic E-state index is 0.0180. The first kappa shape index (κ1) is 102. The Balaban J connectivity index is 0.530. The van der Waals surface area contributed by atoms with Crippen LogP contribution in [0.4, 0.5) is 17.7 Å². The third-order valence-electron chi connectivity index (χ3n) is 26.0. The molecule has 6 aromatic heterocycles. The fourth-order valence-corrected chi connectivity index (χ4v) is 18.1. The molecule has 5 aliphatic rings. The SMILES string of the molecule is CO[C@H]1C[C@@H]2CC[C@@H](C)[C@@](O)(O2)C(=O)C(=O)N2CCCC[C@H]2C(=O)O[C@H]([C@H](C)C[C@@H]2CC[C@H](n3cc(-c4cnc(N5CCN(c6ncc(C(=O)NCCOCCOCCOCCOCCOCCC(=O)NCCCCn7nc(-c8cc9cc(O)ccc9[nH]8)c8c(N)ncnc87)cn6)CC5)nc4)nn3)[C@H](OC)C2)CC(=O)[C@H](C)/C=C(\C)[C@@H](O)[C@@H](OC)C(=O)[C@H](C)C[C@H](C)/C=C/C=C/C=C/1C. The number of phenolic OH excluding ortho intramolecular Hbond substituents is 1. The van der Waals surface area contributed by atoms with Crippen LogP contribution in [0, 0.1) is 35.5 Å². The first-order valence-electron chi connectivity index (χ1n) is 47.0. The molecule has 38 nitrogen and oxygen atoms in total. The number of ketones is 3. The second kappa shape index (κ2) is 50.2. The maximum Gasteiger partial charge on any atom is 0.329 e. The summed E-state index contributed by atoms with van der Waals surface area (Å²) in [5.74, 6) is -7.38. The average molecular weight is 1860 g/mol. The van der Waals surface area contributed by atoms with Crippen LogP contribution in [0.15, 0.2) is 109 Å². The van der Waals surface area contributed by atoms with Gasteiger partial charge in [-0.3, -0.25) is 28.8 Å². The summed E-state index contributed by atoms with van der Waals surface area (Å²) in [6.07, 6.45) is 22.8. The number of amides is 3. The van der Waals surface area contributed by atoms with Crippen molar-refractivity contribution in [1.82, 2.24) is 75.2 Å². The summed E-state index contributed by atoms with van der Waals surface area (Å²) >= 11 is 0. The van der Waals surface area contributed by atoms with Gasteiger partial charge in [0.1, 0.15) is 59.4 Å². The number of nitrogens with zero attached hydrogens (tertiary/aromatic N) is 14. The number of carbonyl (C=O) groups excluding carboxylic acids is 7. The van der Waals surface area contributed by atoms with Gasteiger partial charge in [-0.2, -0.15) is 5.10 Å². The lowest BCUT2D eigenvalue weighted by molar-refractivity contribution is -0.265. The van der Waals surface area contributed by atoms with E-state index in [0.29, 0.717) is 200 Å². The summed E-state index contributed by atoms with van der Waals surface area (Å²) in [7, 11) is 4.61. The summed E-state index contributed by atoms with van der Waals surface area (Å²) in [6, 6.07) is 5.60. The van der Waals surface area contributed by atoms with Crippen molar-refractivity contribution in [1.29, 1.82) is 0 Å². The molecule has 7 aromatic rings. The number of nitrogen functional groups attached to an aromatic ring is 1. The number of phenols is 1. The molecule has 4 aliphatic heterocycles. The number of allylic oxidation sites excluding steroid dienone is 6. The number of cyclic esters (lactones) is 1. The molecule has 0 spiro atoms. The average Bonchev–Trinajstić information content (AvgIpc) is 1.71. The maximum atomic E-state index is 14.9. The molecule has 728 valence electrons. The standard InChI is InChI=1S/C96H134N18O20/c1-60-18-12-11-13-19-61(2)79(125-8)52-72-24-21-66(7)96(124,134-72)88(120)92(122)112-30-16-14-20-77(112)93(123)133-80(53-78(116)62(3)47-65(6)86(119)87(127-10)85(118)64(5)46-60)63(4)48-67-22-26-76(81(49-67)126-9)114-58-75(107-109-114)69-54-100-94(101-55-69)110-32-34-111(35-33-110)95-102-56-70(57-103-95)91(121)99-29-37-129-39-41-131-43-45-132-44-42-130-40-38-128-36-27-82(117)98-28-15-17-31-113-90-83(89(97)104-59-105-90)84(108-113)74-51-68-50-71(115)23-25-73(68)106-74/h11-13,18-19,23,25,47,50-51,54-60,62-64,66-67,72,76-77,79-81,86-87,106,115,119,124H,14-17,20-22,24,26-46,48-49,52-53H2,1-10H3,(H,98,117)(H,99,121)(H2,97,104,105)/b13-11+,18-12+,61-19+,65-47+/t60-,62-,63-,64-,66-,67+,72+,76+,77+,79+,80+,81-,86-,87+,96-/m1/s1. The lowest BCUT2D eigenvalue weighted by Gasteiger charge is -2.42. The van der Waals surface area contributed by atoms with Crippen molar-refractivity contribution in [3.8, 4) is 28.4 Å². The van der Waals surface area contributed by atoms with Gasteiger partial charge in [0.2, 0.25) is 23.6 Å². The van der Waals surface area contributed by atoms with Crippen molar-refractivity contribution < 1.29 is 96.2 Å².